The Bertz CT molecular complexity index is 722. The number of rotatable bonds is 3. The molecule has 0 N–H and O–H groups in total. The molecule has 7 heteroatoms. The first-order chi connectivity index (χ1) is 11.7. The fourth-order valence-corrected chi connectivity index (χ4v) is 3.47. The third-order valence-corrected chi connectivity index (χ3v) is 4.79. The van der Waals surface area contributed by atoms with Gasteiger partial charge in [0, 0.05) is 69.2 Å². The zero-order chi connectivity index (χ0) is 16.5. The molecule has 24 heavy (non-hydrogen) atoms. The van der Waals surface area contributed by atoms with E-state index in [9.17, 15) is 0 Å². The van der Waals surface area contributed by atoms with Gasteiger partial charge in [0.1, 0.15) is 0 Å². The minimum absolute atomic E-state index is 0.762. The third kappa shape index (κ3) is 3.14. The molecule has 0 saturated carbocycles. The molecule has 2 aliphatic rings. The van der Waals surface area contributed by atoms with E-state index in [-0.39, 0.29) is 0 Å². The maximum Gasteiger partial charge on any atom is 0.225 e. The third-order valence-electron chi connectivity index (χ3n) is 4.79. The second-order valence-corrected chi connectivity index (χ2v) is 6.62. The van der Waals surface area contributed by atoms with Crippen LogP contribution >= 0.6 is 0 Å². The lowest BCUT2D eigenvalue weighted by Crippen LogP contribution is -2.38. The van der Waals surface area contributed by atoms with Crippen LogP contribution < -0.4 is 4.90 Å². The minimum atomic E-state index is 0.762. The van der Waals surface area contributed by atoms with E-state index < -0.39 is 0 Å². The van der Waals surface area contributed by atoms with Crippen molar-refractivity contribution in [2.45, 2.75) is 26.4 Å². The van der Waals surface area contributed by atoms with E-state index in [0.29, 0.717) is 0 Å². The highest BCUT2D eigenvalue weighted by Gasteiger charge is 2.23. The molecule has 2 aromatic rings. The van der Waals surface area contributed by atoms with E-state index in [1.165, 1.54) is 16.8 Å². The van der Waals surface area contributed by atoms with Crippen molar-refractivity contribution in [3.05, 3.63) is 34.9 Å². The maximum atomic E-state index is 5.43. The lowest BCUT2D eigenvalue weighted by atomic mass is 10.0. The van der Waals surface area contributed by atoms with Crippen LogP contribution in [-0.2, 0) is 31.3 Å². The van der Waals surface area contributed by atoms with Crippen molar-refractivity contribution in [2.75, 3.05) is 37.7 Å². The highest BCUT2D eigenvalue weighted by molar-refractivity contribution is 5.38. The number of nitrogens with zero attached hydrogens (tertiary/aromatic N) is 6. The summed E-state index contributed by atoms with van der Waals surface area (Å²) in [5, 5.41) is 4.26. The molecule has 0 aromatic carbocycles. The molecular weight excluding hydrogens is 304 g/mol. The maximum absolute atomic E-state index is 5.43. The Morgan fingerprint density at radius 2 is 2.00 bits per heavy atom. The van der Waals surface area contributed by atoms with E-state index >= 15 is 0 Å². The SMILES string of the molecule is Cc1nc(N2CCOCC2)nc2c1CN(Cc1cnn(C)c1)CC2. The summed E-state index contributed by atoms with van der Waals surface area (Å²) in [6, 6.07) is 0. The van der Waals surface area contributed by atoms with Gasteiger partial charge in [-0.25, -0.2) is 9.97 Å². The van der Waals surface area contributed by atoms with E-state index in [1.807, 2.05) is 17.9 Å². The summed E-state index contributed by atoms with van der Waals surface area (Å²) >= 11 is 0. The molecular formula is C17H24N6O. The Labute approximate surface area is 142 Å². The fourth-order valence-electron chi connectivity index (χ4n) is 3.47. The molecule has 2 aliphatic heterocycles. The summed E-state index contributed by atoms with van der Waals surface area (Å²) in [6.45, 7) is 8.27. The molecule has 0 spiro atoms. The van der Waals surface area contributed by atoms with Crippen molar-refractivity contribution >= 4 is 5.95 Å². The molecule has 0 unspecified atom stereocenters. The minimum Gasteiger partial charge on any atom is -0.378 e. The van der Waals surface area contributed by atoms with Crippen LogP contribution in [0.5, 0.6) is 0 Å². The molecule has 0 radical (unpaired) electrons. The molecule has 7 nitrogen and oxygen atoms in total. The molecule has 1 saturated heterocycles. The molecule has 4 heterocycles. The summed E-state index contributed by atoms with van der Waals surface area (Å²) in [7, 11) is 1.96. The van der Waals surface area contributed by atoms with Crippen molar-refractivity contribution in [3.8, 4) is 0 Å². The first-order valence-electron chi connectivity index (χ1n) is 8.58. The lowest BCUT2D eigenvalue weighted by Gasteiger charge is -2.31. The molecule has 4 rings (SSSR count). The van der Waals surface area contributed by atoms with Crippen LogP contribution in [-0.4, -0.2) is 57.5 Å². The highest BCUT2D eigenvalue weighted by Crippen LogP contribution is 2.24. The Kier molecular flexibility index (Phi) is 4.20. The smallest absolute Gasteiger partial charge is 0.225 e. The van der Waals surface area contributed by atoms with Gasteiger partial charge in [-0.3, -0.25) is 9.58 Å². The Balaban J connectivity index is 1.51. The van der Waals surface area contributed by atoms with Gasteiger partial charge >= 0.3 is 0 Å². The van der Waals surface area contributed by atoms with Crippen molar-refractivity contribution in [3.63, 3.8) is 0 Å². The van der Waals surface area contributed by atoms with Crippen LogP contribution in [0.3, 0.4) is 0 Å². The zero-order valence-electron chi connectivity index (χ0n) is 14.4. The van der Waals surface area contributed by atoms with Gasteiger partial charge in [-0.1, -0.05) is 0 Å². The van der Waals surface area contributed by atoms with Crippen molar-refractivity contribution in [1.29, 1.82) is 0 Å². The number of hydrogen-bond donors (Lipinski definition) is 0. The highest BCUT2D eigenvalue weighted by atomic mass is 16.5. The van der Waals surface area contributed by atoms with E-state index in [0.717, 1.165) is 64.0 Å². The number of anilines is 1. The summed E-state index contributed by atoms with van der Waals surface area (Å²) in [4.78, 5) is 14.3. The summed E-state index contributed by atoms with van der Waals surface area (Å²) < 4.78 is 7.28. The molecule has 0 atom stereocenters. The normalized spacial score (nSPS) is 18.7. The number of aryl methyl sites for hydroxylation is 2. The quantitative estimate of drug-likeness (QED) is 0.835. The predicted octanol–water partition coefficient (Wildman–Crippen LogP) is 0.913. The summed E-state index contributed by atoms with van der Waals surface area (Å²) in [6.07, 6.45) is 5.01. The largest absolute Gasteiger partial charge is 0.378 e. The monoisotopic (exact) mass is 328 g/mol. The lowest BCUT2D eigenvalue weighted by molar-refractivity contribution is 0.122. The number of fused-ring (bicyclic) bond motifs is 1. The van der Waals surface area contributed by atoms with E-state index in [4.69, 9.17) is 14.7 Å². The number of morpholine rings is 1. The molecule has 1 fully saturated rings. The van der Waals surface area contributed by atoms with Crippen LogP contribution in [0, 0.1) is 6.92 Å². The second-order valence-electron chi connectivity index (χ2n) is 6.62. The van der Waals surface area contributed by atoms with Gasteiger partial charge in [0.15, 0.2) is 0 Å². The number of ether oxygens (including phenoxy) is 1. The summed E-state index contributed by atoms with van der Waals surface area (Å²) in [5.41, 5.74) is 4.87. The molecule has 2 aromatic heterocycles. The molecule has 0 aliphatic carbocycles. The second kappa shape index (κ2) is 6.49. The first-order valence-corrected chi connectivity index (χ1v) is 8.58. The zero-order valence-corrected chi connectivity index (χ0v) is 14.4. The van der Waals surface area contributed by atoms with Gasteiger partial charge in [0.2, 0.25) is 5.95 Å². The Hall–Kier alpha value is -1.99. The van der Waals surface area contributed by atoms with Crippen molar-refractivity contribution in [2.24, 2.45) is 7.05 Å². The van der Waals surface area contributed by atoms with Crippen molar-refractivity contribution < 1.29 is 4.74 Å². The van der Waals surface area contributed by atoms with Crippen LogP contribution in [0.1, 0.15) is 22.5 Å². The van der Waals surface area contributed by atoms with Gasteiger partial charge in [-0.05, 0) is 6.92 Å². The van der Waals surface area contributed by atoms with E-state index in [1.54, 1.807) is 0 Å². The predicted molar refractivity (Wildman–Crippen MR) is 90.8 cm³/mol. The van der Waals surface area contributed by atoms with Crippen LogP contribution in [0.15, 0.2) is 12.4 Å². The summed E-state index contributed by atoms with van der Waals surface area (Å²) in [5.74, 6) is 0.871. The fraction of sp³-hybridized carbons (Fsp3) is 0.588. The topological polar surface area (TPSA) is 59.3 Å². The van der Waals surface area contributed by atoms with Crippen molar-refractivity contribution in [1.82, 2.24) is 24.6 Å². The van der Waals surface area contributed by atoms with E-state index in [2.05, 4.69) is 28.0 Å². The van der Waals surface area contributed by atoms with Gasteiger partial charge < -0.3 is 9.64 Å². The van der Waals surface area contributed by atoms with Crippen LogP contribution in [0.25, 0.3) is 0 Å². The molecule has 0 bridgehead atoms. The van der Waals surface area contributed by atoms with Gasteiger partial charge in [-0.15, -0.1) is 0 Å². The number of aromatic nitrogens is 4. The van der Waals surface area contributed by atoms with Gasteiger partial charge in [0.05, 0.1) is 25.1 Å². The average molecular weight is 328 g/mol. The first kappa shape index (κ1) is 15.5. The Morgan fingerprint density at radius 3 is 2.75 bits per heavy atom. The number of hydrogen-bond acceptors (Lipinski definition) is 6. The Morgan fingerprint density at radius 1 is 1.17 bits per heavy atom. The standard InChI is InChI=1S/C17H24N6O/c1-13-15-12-22(11-14-9-18-21(2)10-14)4-3-16(15)20-17(19-13)23-5-7-24-8-6-23/h9-10H,3-8,11-12H2,1-2H3. The van der Waals surface area contributed by atoms with Gasteiger partial charge in [-0.2, -0.15) is 5.10 Å². The molecule has 0 amide bonds. The van der Waals surface area contributed by atoms with Gasteiger partial charge in [0.25, 0.3) is 0 Å². The van der Waals surface area contributed by atoms with Crippen LogP contribution in [0.4, 0.5) is 5.95 Å². The molecule has 128 valence electrons. The van der Waals surface area contributed by atoms with Crippen LogP contribution in [0.2, 0.25) is 0 Å². The average Bonchev–Trinajstić information content (AvgIpc) is 3.01.